The van der Waals surface area contributed by atoms with Crippen LogP contribution in [-0.4, -0.2) is 39.5 Å². The van der Waals surface area contributed by atoms with Crippen molar-refractivity contribution in [2.75, 3.05) is 19.7 Å². The maximum Gasteiger partial charge on any atom is 0.132 e. The lowest BCUT2D eigenvalue weighted by Crippen LogP contribution is -2.38. The molecule has 2 aromatic heterocycles. The van der Waals surface area contributed by atoms with E-state index in [-0.39, 0.29) is 11.9 Å². The summed E-state index contributed by atoms with van der Waals surface area (Å²) in [6.45, 7) is 3.00. The Morgan fingerprint density at radius 1 is 1.07 bits per heavy atom. The lowest BCUT2D eigenvalue weighted by molar-refractivity contribution is -0.0351. The summed E-state index contributed by atoms with van der Waals surface area (Å²) in [5.74, 6) is -0.305. The van der Waals surface area contributed by atoms with Crippen LogP contribution in [-0.2, 0) is 11.3 Å². The molecule has 0 unspecified atom stereocenters. The minimum atomic E-state index is -0.305. The van der Waals surface area contributed by atoms with Crippen LogP contribution in [0.4, 0.5) is 4.39 Å². The van der Waals surface area contributed by atoms with Gasteiger partial charge in [-0.1, -0.05) is 24.3 Å². The van der Waals surface area contributed by atoms with Crippen LogP contribution < -0.4 is 0 Å². The molecule has 1 saturated heterocycles. The third-order valence-corrected chi connectivity index (χ3v) is 5.36. The molecular weight excluding hydrogens is 379 g/mol. The Morgan fingerprint density at radius 2 is 2.00 bits per heavy atom. The van der Waals surface area contributed by atoms with Crippen molar-refractivity contribution >= 4 is 10.9 Å². The van der Waals surface area contributed by atoms with Crippen LogP contribution in [0.15, 0.2) is 73.2 Å². The second kappa shape index (κ2) is 8.26. The molecule has 0 saturated carbocycles. The largest absolute Gasteiger partial charge is 0.369 e. The van der Waals surface area contributed by atoms with Gasteiger partial charge >= 0.3 is 0 Å². The van der Waals surface area contributed by atoms with E-state index in [1.54, 1.807) is 30.6 Å². The monoisotopic (exact) mass is 400 g/mol. The molecule has 0 aliphatic carbocycles. The summed E-state index contributed by atoms with van der Waals surface area (Å²) in [5, 5.41) is 1.14. The number of rotatable bonds is 4. The summed E-state index contributed by atoms with van der Waals surface area (Å²) >= 11 is 0. The Labute approximate surface area is 174 Å². The number of benzene rings is 2. The number of nitrogens with zero attached hydrogens (tertiary/aromatic N) is 4. The van der Waals surface area contributed by atoms with Gasteiger partial charge in [-0.05, 0) is 35.9 Å². The maximum absolute atomic E-state index is 14.2. The van der Waals surface area contributed by atoms with E-state index in [1.165, 1.54) is 11.6 Å². The van der Waals surface area contributed by atoms with Crippen LogP contribution in [0.2, 0.25) is 0 Å². The van der Waals surface area contributed by atoms with Gasteiger partial charge in [0.15, 0.2) is 0 Å². The Kier molecular flexibility index (Phi) is 5.17. The summed E-state index contributed by atoms with van der Waals surface area (Å²) in [6, 6.07) is 17.0. The molecular formula is C24H21FN4O. The minimum absolute atomic E-state index is 0.194. The average molecular weight is 400 g/mol. The predicted molar refractivity (Wildman–Crippen MR) is 113 cm³/mol. The second-order valence-corrected chi connectivity index (χ2v) is 7.43. The highest BCUT2D eigenvalue weighted by Gasteiger charge is 2.24. The van der Waals surface area contributed by atoms with E-state index in [2.05, 4.69) is 44.1 Å². The molecule has 5 nitrogen and oxygen atoms in total. The van der Waals surface area contributed by atoms with Gasteiger partial charge in [-0.25, -0.2) is 9.37 Å². The first-order valence-corrected chi connectivity index (χ1v) is 10.0. The molecule has 0 N–H and O–H groups in total. The zero-order chi connectivity index (χ0) is 20.3. The number of halogens is 1. The van der Waals surface area contributed by atoms with Gasteiger partial charge in [0.2, 0.25) is 0 Å². The molecule has 0 spiro atoms. The summed E-state index contributed by atoms with van der Waals surface area (Å²) in [6.07, 6.45) is 4.91. The third-order valence-electron chi connectivity index (χ3n) is 5.36. The quantitative estimate of drug-likeness (QED) is 0.508. The fraction of sp³-hybridized carbons (Fsp3) is 0.208. The molecule has 30 heavy (non-hydrogen) atoms. The molecule has 1 atom stereocenters. The fourth-order valence-corrected chi connectivity index (χ4v) is 3.84. The Balaban J connectivity index is 1.34. The van der Waals surface area contributed by atoms with E-state index in [4.69, 9.17) is 4.74 Å². The molecule has 4 aromatic rings. The SMILES string of the molecule is Fc1ccccc1-c1cncc([C@H]2CN(Cc3ccc4ncccc4c3)CCO2)n1. The summed E-state index contributed by atoms with van der Waals surface area (Å²) in [7, 11) is 0. The first kappa shape index (κ1) is 18.8. The number of hydrogen-bond donors (Lipinski definition) is 0. The van der Waals surface area contributed by atoms with Crippen molar-refractivity contribution in [1.29, 1.82) is 0 Å². The number of pyridine rings is 1. The zero-order valence-corrected chi connectivity index (χ0v) is 16.4. The number of fused-ring (bicyclic) bond motifs is 1. The van der Waals surface area contributed by atoms with Gasteiger partial charge in [0.1, 0.15) is 11.9 Å². The molecule has 1 fully saturated rings. The van der Waals surface area contributed by atoms with Crippen LogP contribution in [0.25, 0.3) is 22.2 Å². The van der Waals surface area contributed by atoms with Crippen molar-refractivity contribution in [2.45, 2.75) is 12.6 Å². The molecule has 0 amide bonds. The van der Waals surface area contributed by atoms with Gasteiger partial charge in [0, 0.05) is 36.8 Å². The van der Waals surface area contributed by atoms with Crippen LogP contribution in [0.1, 0.15) is 17.4 Å². The summed E-state index contributed by atoms with van der Waals surface area (Å²) in [4.78, 5) is 15.7. The molecule has 150 valence electrons. The van der Waals surface area contributed by atoms with Crippen molar-refractivity contribution in [3.8, 4) is 11.3 Å². The Bertz CT molecular complexity index is 1180. The normalized spacial score (nSPS) is 17.3. The van der Waals surface area contributed by atoms with E-state index in [9.17, 15) is 4.39 Å². The first-order chi connectivity index (χ1) is 14.8. The second-order valence-electron chi connectivity index (χ2n) is 7.43. The van der Waals surface area contributed by atoms with Crippen molar-refractivity contribution in [1.82, 2.24) is 19.9 Å². The lowest BCUT2D eigenvalue weighted by Gasteiger charge is -2.32. The smallest absolute Gasteiger partial charge is 0.132 e. The summed E-state index contributed by atoms with van der Waals surface area (Å²) in [5.41, 5.74) is 3.93. The van der Waals surface area contributed by atoms with E-state index in [1.807, 2.05) is 12.3 Å². The van der Waals surface area contributed by atoms with Gasteiger partial charge < -0.3 is 4.74 Å². The molecule has 3 heterocycles. The standard InChI is InChI=1S/C24H21FN4O/c25-20-6-2-1-5-19(20)22-13-26-14-23(28-22)24-16-29(10-11-30-24)15-17-7-8-21-18(12-17)4-3-9-27-21/h1-9,12-14,24H,10-11,15-16H2/t24-/m1/s1. The number of morpholine rings is 1. The van der Waals surface area contributed by atoms with Crippen molar-refractivity contribution in [3.05, 3.63) is 90.3 Å². The van der Waals surface area contributed by atoms with Gasteiger partial charge in [-0.2, -0.15) is 0 Å². The molecule has 0 bridgehead atoms. The van der Waals surface area contributed by atoms with Gasteiger partial charge in [0.25, 0.3) is 0 Å². The van der Waals surface area contributed by atoms with Gasteiger partial charge in [-0.3, -0.25) is 14.9 Å². The molecule has 0 radical (unpaired) electrons. The van der Waals surface area contributed by atoms with Crippen molar-refractivity contribution in [2.24, 2.45) is 0 Å². The van der Waals surface area contributed by atoms with Crippen molar-refractivity contribution < 1.29 is 9.13 Å². The predicted octanol–water partition coefficient (Wildman–Crippen LogP) is 4.40. The van der Waals surface area contributed by atoms with Gasteiger partial charge in [0.05, 0.1) is 35.9 Å². The van der Waals surface area contributed by atoms with E-state index in [0.717, 1.165) is 29.7 Å². The highest BCUT2D eigenvalue weighted by molar-refractivity contribution is 5.78. The Hall–Kier alpha value is -3.22. The van der Waals surface area contributed by atoms with Crippen LogP contribution in [0.5, 0.6) is 0 Å². The molecule has 6 heteroatoms. The summed E-state index contributed by atoms with van der Waals surface area (Å²) < 4.78 is 20.1. The van der Waals surface area contributed by atoms with Gasteiger partial charge in [-0.15, -0.1) is 0 Å². The lowest BCUT2D eigenvalue weighted by atomic mass is 10.1. The maximum atomic E-state index is 14.2. The van der Waals surface area contributed by atoms with Crippen molar-refractivity contribution in [3.63, 3.8) is 0 Å². The molecule has 1 aliphatic rings. The molecule has 5 rings (SSSR count). The van der Waals surface area contributed by atoms with Crippen LogP contribution in [0, 0.1) is 5.82 Å². The molecule has 1 aliphatic heterocycles. The highest BCUT2D eigenvalue weighted by Crippen LogP contribution is 2.25. The number of aromatic nitrogens is 3. The van der Waals surface area contributed by atoms with E-state index < -0.39 is 0 Å². The number of ether oxygens (including phenoxy) is 1. The van der Waals surface area contributed by atoms with E-state index in [0.29, 0.717) is 24.4 Å². The number of hydrogen-bond acceptors (Lipinski definition) is 5. The molecule has 2 aromatic carbocycles. The fourth-order valence-electron chi connectivity index (χ4n) is 3.84. The van der Waals surface area contributed by atoms with E-state index >= 15 is 0 Å². The first-order valence-electron chi connectivity index (χ1n) is 10.0. The minimum Gasteiger partial charge on any atom is -0.369 e. The van der Waals surface area contributed by atoms with Crippen LogP contribution in [0.3, 0.4) is 0 Å². The topological polar surface area (TPSA) is 51.1 Å². The Morgan fingerprint density at radius 3 is 2.93 bits per heavy atom. The highest BCUT2D eigenvalue weighted by atomic mass is 19.1. The van der Waals surface area contributed by atoms with Crippen LogP contribution >= 0.6 is 0 Å². The average Bonchev–Trinajstić information content (AvgIpc) is 2.80. The zero-order valence-electron chi connectivity index (χ0n) is 16.4. The third kappa shape index (κ3) is 3.92.